The van der Waals surface area contributed by atoms with E-state index in [1.807, 2.05) is 30.0 Å². The quantitative estimate of drug-likeness (QED) is 0.770. The molecule has 1 rings (SSSR count). The van der Waals surface area contributed by atoms with Crippen LogP contribution in [0.1, 0.15) is 30.9 Å². The molecule has 0 saturated heterocycles. The molecule has 1 aromatic rings. The Balaban J connectivity index is 3.06. The molecule has 18 heavy (non-hydrogen) atoms. The van der Waals surface area contributed by atoms with Crippen molar-refractivity contribution < 1.29 is 4.79 Å². The van der Waals surface area contributed by atoms with Crippen molar-refractivity contribution in [3.8, 4) is 0 Å². The van der Waals surface area contributed by atoms with Crippen LogP contribution in [-0.4, -0.2) is 19.0 Å². The third-order valence-electron chi connectivity index (χ3n) is 2.99. The van der Waals surface area contributed by atoms with Gasteiger partial charge in [0.25, 0.3) is 0 Å². The van der Waals surface area contributed by atoms with E-state index in [9.17, 15) is 4.79 Å². The van der Waals surface area contributed by atoms with Crippen LogP contribution in [0, 0.1) is 6.92 Å². The fraction of sp³-hybridized carbons (Fsp3) is 0.500. The molecular formula is C14H23N3O. The Labute approximate surface area is 109 Å². The van der Waals surface area contributed by atoms with Gasteiger partial charge in [-0.15, -0.1) is 0 Å². The second kappa shape index (κ2) is 7.01. The minimum Gasteiger partial charge on any atom is -0.368 e. The summed E-state index contributed by atoms with van der Waals surface area (Å²) < 4.78 is 0. The van der Waals surface area contributed by atoms with Gasteiger partial charge in [-0.1, -0.05) is 31.5 Å². The number of nitrogens with two attached hydrogens (primary N) is 2. The summed E-state index contributed by atoms with van der Waals surface area (Å²) in [5.41, 5.74) is 14.4. The summed E-state index contributed by atoms with van der Waals surface area (Å²) in [4.78, 5) is 13.3. The number of rotatable bonds is 7. The number of unbranched alkanes of at least 4 members (excludes halogenated alkanes) is 1. The van der Waals surface area contributed by atoms with Crippen LogP contribution in [-0.2, 0) is 11.3 Å². The van der Waals surface area contributed by atoms with Crippen molar-refractivity contribution >= 4 is 11.6 Å². The zero-order valence-corrected chi connectivity index (χ0v) is 11.3. The van der Waals surface area contributed by atoms with E-state index in [2.05, 4.69) is 6.92 Å². The number of primary amides is 1. The van der Waals surface area contributed by atoms with Gasteiger partial charge in [0, 0.05) is 18.8 Å². The van der Waals surface area contributed by atoms with Crippen LogP contribution in [0.4, 0.5) is 5.69 Å². The third-order valence-corrected chi connectivity index (χ3v) is 2.99. The molecule has 0 aliphatic carbocycles. The maximum Gasteiger partial charge on any atom is 0.236 e. The highest BCUT2D eigenvalue weighted by molar-refractivity contribution is 5.80. The summed E-state index contributed by atoms with van der Waals surface area (Å²) in [7, 11) is 0. The molecule has 0 saturated carbocycles. The number of carbonyl (C=O) groups is 1. The molecular weight excluding hydrogens is 226 g/mol. The van der Waals surface area contributed by atoms with Crippen molar-refractivity contribution in [1.29, 1.82) is 0 Å². The highest BCUT2D eigenvalue weighted by Crippen LogP contribution is 2.25. The Hall–Kier alpha value is -1.55. The number of nitrogens with zero attached hydrogens (tertiary/aromatic N) is 1. The van der Waals surface area contributed by atoms with Crippen molar-refractivity contribution in [2.75, 3.05) is 18.0 Å². The maximum absolute atomic E-state index is 11.2. The number of carbonyl (C=O) groups excluding carboxylic acids is 1. The summed E-state index contributed by atoms with van der Waals surface area (Å²) in [6.45, 7) is 5.71. The first kappa shape index (κ1) is 14.5. The first-order valence-corrected chi connectivity index (χ1v) is 6.42. The van der Waals surface area contributed by atoms with Gasteiger partial charge in [-0.05, 0) is 24.5 Å². The second-order valence-electron chi connectivity index (χ2n) is 4.53. The van der Waals surface area contributed by atoms with Crippen molar-refractivity contribution in [3.63, 3.8) is 0 Å². The van der Waals surface area contributed by atoms with Gasteiger partial charge in [0.2, 0.25) is 5.91 Å². The first-order chi connectivity index (χ1) is 8.60. The van der Waals surface area contributed by atoms with E-state index in [-0.39, 0.29) is 12.5 Å². The predicted octanol–water partition coefficient (Wildman–Crippen LogP) is 1.55. The third kappa shape index (κ3) is 3.74. The van der Waals surface area contributed by atoms with Crippen LogP contribution in [0.5, 0.6) is 0 Å². The van der Waals surface area contributed by atoms with Gasteiger partial charge in [0.05, 0.1) is 6.54 Å². The molecule has 0 heterocycles. The number of hydrogen-bond donors (Lipinski definition) is 2. The number of para-hydroxylation sites is 1. The van der Waals surface area contributed by atoms with E-state index in [4.69, 9.17) is 11.5 Å². The highest BCUT2D eigenvalue weighted by Gasteiger charge is 2.14. The fourth-order valence-corrected chi connectivity index (χ4v) is 2.14. The van der Waals surface area contributed by atoms with Crippen LogP contribution in [0.15, 0.2) is 18.2 Å². The van der Waals surface area contributed by atoms with Gasteiger partial charge >= 0.3 is 0 Å². The molecule has 0 aromatic heterocycles. The lowest BCUT2D eigenvalue weighted by molar-refractivity contribution is -0.116. The summed E-state index contributed by atoms with van der Waals surface area (Å²) in [6, 6.07) is 6.03. The fourth-order valence-electron chi connectivity index (χ4n) is 2.14. The number of amides is 1. The van der Waals surface area contributed by atoms with Gasteiger partial charge in [0.1, 0.15) is 0 Å². The number of benzene rings is 1. The molecule has 0 fully saturated rings. The normalized spacial score (nSPS) is 10.4. The zero-order valence-electron chi connectivity index (χ0n) is 11.3. The van der Waals surface area contributed by atoms with Gasteiger partial charge in [0.15, 0.2) is 0 Å². The van der Waals surface area contributed by atoms with Crippen LogP contribution in [0.3, 0.4) is 0 Å². The lowest BCUT2D eigenvalue weighted by atomic mass is 10.1. The van der Waals surface area contributed by atoms with Crippen LogP contribution in [0.25, 0.3) is 0 Å². The smallest absolute Gasteiger partial charge is 0.236 e. The molecule has 0 aliphatic heterocycles. The van der Waals surface area contributed by atoms with Crippen LogP contribution >= 0.6 is 0 Å². The Bertz CT molecular complexity index is 404. The second-order valence-corrected chi connectivity index (χ2v) is 4.53. The summed E-state index contributed by atoms with van der Waals surface area (Å²) in [5, 5.41) is 0. The van der Waals surface area contributed by atoms with Gasteiger partial charge in [-0.2, -0.15) is 0 Å². The number of aryl methyl sites for hydroxylation is 1. The molecule has 0 radical (unpaired) electrons. The minimum atomic E-state index is -0.308. The van der Waals surface area contributed by atoms with Crippen molar-refractivity contribution in [3.05, 3.63) is 29.3 Å². The Kier molecular flexibility index (Phi) is 5.65. The minimum absolute atomic E-state index is 0.248. The molecule has 100 valence electrons. The average Bonchev–Trinajstić information content (AvgIpc) is 2.34. The zero-order chi connectivity index (χ0) is 13.5. The molecule has 0 unspecified atom stereocenters. The maximum atomic E-state index is 11.2. The van der Waals surface area contributed by atoms with Gasteiger partial charge < -0.3 is 16.4 Å². The topological polar surface area (TPSA) is 72.3 Å². The molecule has 0 spiro atoms. The van der Waals surface area contributed by atoms with E-state index in [1.165, 1.54) is 0 Å². The lowest BCUT2D eigenvalue weighted by Crippen LogP contribution is -2.35. The monoisotopic (exact) mass is 249 g/mol. The Morgan fingerprint density at radius 2 is 2.11 bits per heavy atom. The first-order valence-electron chi connectivity index (χ1n) is 6.42. The average molecular weight is 249 g/mol. The van der Waals surface area contributed by atoms with E-state index < -0.39 is 0 Å². The van der Waals surface area contributed by atoms with E-state index >= 15 is 0 Å². The molecule has 4 nitrogen and oxygen atoms in total. The van der Waals surface area contributed by atoms with Crippen LogP contribution in [0.2, 0.25) is 0 Å². The molecule has 1 aromatic carbocycles. The molecule has 1 amide bonds. The Morgan fingerprint density at radius 3 is 2.67 bits per heavy atom. The predicted molar refractivity (Wildman–Crippen MR) is 75.4 cm³/mol. The molecule has 4 heteroatoms. The molecule has 0 aliphatic rings. The van der Waals surface area contributed by atoms with Gasteiger partial charge in [-0.25, -0.2) is 0 Å². The van der Waals surface area contributed by atoms with E-state index in [0.717, 1.165) is 36.2 Å². The highest BCUT2D eigenvalue weighted by atomic mass is 16.1. The van der Waals surface area contributed by atoms with Crippen molar-refractivity contribution in [1.82, 2.24) is 0 Å². The summed E-state index contributed by atoms with van der Waals surface area (Å²) >= 11 is 0. The summed E-state index contributed by atoms with van der Waals surface area (Å²) in [5.74, 6) is -0.308. The van der Waals surface area contributed by atoms with E-state index in [1.54, 1.807) is 0 Å². The number of anilines is 1. The number of hydrogen-bond acceptors (Lipinski definition) is 3. The standard InChI is InChI=1S/C14H23N3O/c1-3-4-8-17(10-13(16)18)14-11(2)6-5-7-12(14)9-15/h5-7H,3-4,8-10,15H2,1-2H3,(H2,16,18). The molecule has 0 atom stereocenters. The molecule has 0 bridgehead atoms. The van der Waals surface area contributed by atoms with Crippen molar-refractivity contribution in [2.45, 2.75) is 33.2 Å². The lowest BCUT2D eigenvalue weighted by Gasteiger charge is -2.27. The SMILES string of the molecule is CCCCN(CC(N)=O)c1c(C)cccc1CN. The van der Waals surface area contributed by atoms with E-state index in [0.29, 0.717) is 6.54 Å². The Morgan fingerprint density at radius 1 is 1.39 bits per heavy atom. The summed E-state index contributed by atoms with van der Waals surface area (Å²) in [6.07, 6.45) is 2.12. The largest absolute Gasteiger partial charge is 0.368 e. The van der Waals surface area contributed by atoms with Crippen molar-refractivity contribution in [2.24, 2.45) is 11.5 Å². The van der Waals surface area contributed by atoms with Gasteiger partial charge in [-0.3, -0.25) is 4.79 Å². The molecule has 4 N–H and O–H groups in total. The van der Waals surface area contributed by atoms with Crippen LogP contribution < -0.4 is 16.4 Å².